The van der Waals surface area contributed by atoms with Crippen LogP contribution in [0.1, 0.15) is 0 Å². The number of hydrogen-bond acceptors (Lipinski definition) is 5. The van der Waals surface area contributed by atoms with Gasteiger partial charge >= 0.3 is 0 Å². The third-order valence-electron chi connectivity index (χ3n) is 3.66. The highest BCUT2D eigenvalue weighted by atomic mass is 35.5. The smallest absolute Gasteiger partial charge is 0.224 e. The Morgan fingerprint density at radius 1 is 1.04 bits per heavy atom. The molecule has 2 aromatic carbocycles. The molecular weight excluding hydrogens is 348 g/mol. The van der Waals surface area contributed by atoms with Crippen LogP contribution >= 0.6 is 11.6 Å². The van der Waals surface area contributed by atoms with Gasteiger partial charge in [0.05, 0.1) is 10.4 Å². The van der Waals surface area contributed by atoms with Gasteiger partial charge in [0.25, 0.3) is 0 Å². The number of aromatic nitrogens is 4. The number of fused-ring (bicyclic) bond motifs is 3. The van der Waals surface area contributed by atoms with Crippen molar-refractivity contribution in [1.82, 2.24) is 19.6 Å². The number of hydrogen-bond donors (Lipinski definition) is 0. The van der Waals surface area contributed by atoms with Crippen LogP contribution in [0.15, 0.2) is 53.4 Å². The molecule has 0 N–H and O–H groups in total. The van der Waals surface area contributed by atoms with E-state index in [4.69, 9.17) is 11.6 Å². The third-order valence-corrected chi connectivity index (χ3v) is 5.01. The van der Waals surface area contributed by atoms with Crippen molar-refractivity contribution in [3.63, 3.8) is 0 Å². The maximum absolute atomic E-state index is 11.7. The Balaban J connectivity index is 1.99. The lowest BCUT2D eigenvalue weighted by Crippen LogP contribution is -1.97. The topological polar surface area (TPSA) is 77.2 Å². The molecule has 0 unspecified atom stereocenters. The first-order valence-electron chi connectivity index (χ1n) is 7.05. The van der Waals surface area contributed by atoms with Crippen LogP contribution in [-0.4, -0.2) is 34.3 Å². The summed E-state index contributed by atoms with van der Waals surface area (Å²) in [5.74, 6) is 0.389. The molecule has 0 atom stereocenters. The number of nitrogens with zero attached hydrogens (tertiary/aromatic N) is 4. The van der Waals surface area contributed by atoms with Gasteiger partial charge in [0, 0.05) is 17.2 Å². The van der Waals surface area contributed by atoms with Crippen LogP contribution in [0.4, 0.5) is 0 Å². The van der Waals surface area contributed by atoms with Gasteiger partial charge in [-0.05, 0) is 35.9 Å². The van der Waals surface area contributed by atoms with E-state index in [9.17, 15) is 8.42 Å². The average Bonchev–Trinajstić information content (AvgIpc) is 3.01. The first kappa shape index (κ1) is 15.0. The molecule has 0 aliphatic heterocycles. The van der Waals surface area contributed by atoms with E-state index in [2.05, 4.69) is 15.1 Å². The summed E-state index contributed by atoms with van der Waals surface area (Å²) in [6.45, 7) is 0. The van der Waals surface area contributed by atoms with Gasteiger partial charge in [0.1, 0.15) is 0 Å². The van der Waals surface area contributed by atoms with Crippen LogP contribution in [0.25, 0.3) is 27.9 Å². The Kier molecular flexibility index (Phi) is 3.29. The predicted octanol–water partition coefficient (Wildman–Crippen LogP) is 3.00. The van der Waals surface area contributed by atoms with Crippen molar-refractivity contribution in [2.24, 2.45) is 0 Å². The van der Waals surface area contributed by atoms with Crippen molar-refractivity contribution in [2.45, 2.75) is 4.90 Å². The lowest BCUT2D eigenvalue weighted by Gasteiger charge is -2.00. The van der Waals surface area contributed by atoms with Crippen molar-refractivity contribution in [2.75, 3.05) is 6.26 Å². The second-order valence-corrected chi connectivity index (χ2v) is 7.72. The fraction of sp³-hybridized carbons (Fsp3) is 0.0625. The van der Waals surface area contributed by atoms with Crippen LogP contribution in [0.2, 0.25) is 5.28 Å². The minimum atomic E-state index is -3.31. The van der Waals surface area contributed by atoms with E-state index in [0.717, 1.165) is 17.2 Å². The Hall–Kier alpha value is -2.51. The number of halogens is 1. The zero-order valence-corrected chi connectivity index (χ0v) is 14.1. The molecule has 8 heteroatoms. The van der Waals surface area contributed by atoms with Gasteiger partial charge in [-0.1, -0.05) is 24.3 Å². The van der Waals surface area contributed by atoms with E-state index in [1.807, 2.05) is 24.3 Å². The molecule has 2 aromatic heterocycles. The minimum absolute atomic E-state index is 0.196. The maximum Gasteiger partial charge on any atom is 0.226 e. The quantitative estimate of drug-likeness (QED) is 0.515. The molecule has 2 heterocycles. The molecule has 6 nitrogen and oxygen atoms in total. The first-order chi connectivity index (χ1) is 11.4. The summed E-state index contributed by atoms with van der Waals surface area (Å²) >= 11 is 6.19. The Morgan fingerprint density at radius 3 is 2.62 bits per heavy atom. The molecule has 0 saturated heterocycles. The Morgan fingerprint density at radius 2 is 1.83 bits per heavy atom. The van der Waals surface area contributed by atoms with Gasteiger partial charge in [0.15, 0.2) is 21.3 Å². The van der Waals surface area contributed by atoms with Gasteiger partial charge in [-0.3, -0.25) is 0 Å². The summed E-state index contributed by atoms with van der Waals surface area (Å²) in [4.78, 5) is 9.04. The molecule has 0 amide bonds. The van der Waals surface area contributed by atoms with Crippen LogP contribution in [-0.2, 0) is 9.84 Å². The van der Waals surface area contributed by atoms with E-state index >= 15 is 0 Å². The molecule has 0 bridgehead atoms. The predicted molar refractivity (Wildman–Crippen MR) is 91.8 cm³/mol. The number of rotatable bonds is 2. The molecule has 0 fully saturated rings. The van der Waals surface area contributed by atoms with Crippen LogP contribution in [0, 0.1) is 0 Å². The highest BCUT2D eigenvalue weighted by Crippen LogP contribution is 2.25. The van der Waals surface area contributed by atoms with Crippen molar-refractivity contribution in [3.05, 3.63) is 53.8 Å². The van der Waals surface area contributed by atoms with E-state index in [0.29, 0.717) is 17.0 Å². The fourth-order valence-corrected chi connectivity index (χ4v) is 3.39. The van der Waals surface area contributed by atoms with Gasteiger partial charge in [-0.15, -0.1) is 5.10 Å². The molecule has 4 aromatic rings. The molecule has 0 saturated carbocycles. The van der Waals surface area contributed by atoms with Crippen LogP contribution < -0.4 is 0 Å². The monoisotopic (exact) mass is 358 g/mol. The first-order valence-corrected chi connectivity index (χ1v) is 9.32. The van der Waals surface area contributed by atoms with E-state index in [1.165, 1.54) is 4.52 Å². The van der Waals surface area contributed by atoms with Crippen molar-refractivity contribution in [1.29, 1.82) is 0 Å². The summed E-state index contributed by atoms with van der Waals surface area (Å²) in [5, 5.41) is 5.39. The highest BCUT2D eigenvalue weighted by molar-refractivity contribution is 7.90. The van der Waals surface area contributed by atoms with Crippen molar-refractivity contribution in [3.8, 4) is 11.4 Å². The molecule has 0 aliphatic rings. The molecule has 120 valence electrons. The molecule has 0 radical (unpaired) electrons. The molecule has 24 heavy (non-hydrogen) atoms. The van der Waals surface area contributed by atoms with Gasteiger partial charge in [0.2, 0.25) is 5.28 Å². The molecule has 0 spiro atoms. The summed E-state index contributed by atoms with van der Waals surface area (Å²) in [6.07, 6.45) is 1.16. The summed E-state index contributed by atoms with van der Waals surface area (Å²) < 4.78 is 24.9. The van der Waals surface area contributed by atoms with E-state index in [1.54, 1.807) is 24.3 Å². The average molecular weight is 359 g/mol. The molecular formula is C16H11ClN4O2S. The minimum Gasteiger partial charge on any atom is -0.224 e. The van der Waals surface area contributed by atoms with E-state index < -0.39 is 9.84 Å². The number of benzene rings is 2. The second-order valence-electron chi connectivity index (χ2n) is 5.37. The van der Waals surface area contributed by atoms with Crippen LogP contribution in [0.5, 0.6) is 0 Å². The lowest BCUT2D eigenvalue weighted by molar-refractivity contribution is 0.602. The lowest BCUT2D eigenvalue weighted by atomic mass is 10.2. The number of sulfone groups is 1. The standard InChI is InChI=1S/C16H11ClN4O2S/c1-24(22,23)11-6-4-5-10(9-11)14-19-15-12-7-2-3-8-13(12)18-16(17)21(15)20-14/h2-9H,1H3. The van der Waals surface area contributed by atoms with Crippen molar-refractivity contribution >= 4 is 38.0 Å². The third kappa shape index (κ3) is 2.42. The largest absolute Gasteiger partial charge is 0.226 e. The summed E-state index contributed by atoms with van der Waals surface area (Å²) in [7, 11) is -3.31. The van der Waals surface area contributed by atoms with Crippen molar-refractivity contribution < 1.29 is 8.42 Å². The molecule has 0 aliphatic carbocycles. The Labute approximate surface area is 142 Å². The number of para-hydroxylation sites is 1. The molecule has 4 rings (SSSR count). The van der Waals surface area contributed by atoms with Gasteiger partial charge < -0.3 is 0 Å². The summed E-state index contributed by atoms with van der Waals surface area (Å²) in [6, 6.07) is 14.0. The van der Waals surface area contributed by atoms with Gasteiger partial charge in [-0.2, -0.15) is 4.52 Å². The zero-order valence-electron chi connectivity index (χ0n) is 12.5. The zero-order chi connectivity index (χ0) is 16.9. The summed E-state index contributed by atoms with van der Waals surface area (Å²) in [5.41, 5.74) is 1.89. The highest BCUT2D eigenvalue weighted by Gasteiger charge is 2.15. The SMILES string of the molecule is CS(=O)(=O)c1cccc(-c2nc3c4ccccc4nc(Cl)n3n2)c1. The second kappa shape index (κ2) is 5.25. The fourth-order valence-electron chi connectivity index (χ4n) is 2.51. The van der Waals surface area contributed by atoms with E-state index in [-0.39, 0.29) is 10.2 Å². The maximum atomic E-state index is 11.7. The normalized spacial score (nSPS) is 12.1. The van der Waals surface area contributed by atoms with Gasteiger partial charge in [-0.25, -0.2) is 18.4 Å². The van der Waals surface area contributed by atoms with Crippen LogP contribution in [0.3, 0.4) is 0 Å². The Bertz CT molecular complexity index is 1200.